The van der Waals surface area contributed by atoms with Gasteiger partial charge < -0.3 is 5.32 Å². The minimum absolute atomic E-state index is 0.0846. The number of amides is 3. The van der Waals surface area contributed by atoms with E-state index in [9.17, 15) is 14.4 Å². The molecule has 0 unspecified atom stereocenters. The molecule has 0 radical (unpaired) electrons. The first-order valence-corrected chi connectivity index (χ1v) is 9.37. The van der Waals surface area contributed by atoms with Crippen molar-refractivity contribution in [2.45, 2.75) is 33.1 Å². The first-order valence-electron chi connectivity index (χ1n) is 9.37. The van der Waals surface area contributed by atoms with Crippen LogP contribution in [-0.4, -0.2) is 29.2 Å². The van der Waals surface area contributed by atoms with Gasteiger partial charge in [-0.1, -0.05) is 24.3 Å². The molecule has 4 aliphatic rings. The third kappa shape index (κ3) is 2.66. The SMILES string of the molecule is Cc1cccc(NC(=O)CCN2C(=O)[C@H]3[C@H](C2=O)[C@H]2C=C[C@H]3CC2)c1C. The van der Waals surface area contributed by atoms with Crippen molar-refractivity contribution in [3.05, 3.63) is 41.5 Å². The van der Waals surface area contributed by atoms with Gasteiger partial charge >= 0.3 is 0 Å². The molecule has 1 N–H and O–H groups in total. The fourth-order valence-electron chi connectivity index (χ4n) is 4.67. The largest absolute Gasteiger partial charge is 0.326 e. The number of likely N-dealkylation sites (tertiary alicyclic amines) is 1. The van der Waals surface area contributed by atoms with Crippen molar-refractivity contribution >= 4 is 23.4 Å². The van der Waals surface area contributed by atoms with Gasteiger partial charge in [0.05, 0.1) is 11.8 Å². The van der Waals surface area contributed by atoms with Gasteiger partial charge in [0.1, 0.15) is 0 Å². The zero-order chi connectivity index (χ0) is 18.4. The monoisotopic (exact) mass is 352 g/mol. The molecule has 5 heteroatoms. The predicted molar refractivity (Wildman–Crippen MR) is 98.2 cm³/mol. The van der Waals surface area contributed by atoms with Crippen molar-refractivity contribution in [2.75, 3.05) is 11.9 Å². The number of nitrogens with one attached hydrogen (secondary N) is 1. The Hall–Kier alpha value is -2.43. The summed E-state index contributed by atoms with van der Waals surface area (Å²) >= 11 is 0. The molecule has 3 amide bonds. The Balaban J connectivity index is 1.41. The number of imide groups is 1. The molecule has 136 valence electrons. The lowest BCUT2D eigenvalue weighted by atomic mass is 9.63. The summed E-state index contributed by atoms with van der Waals surface area (Å²) in [6.07, 6.45) is 6.33. The van der Waals surface area contributed by atoms with Crippen LogP contribution in [0.2, 0.25) is 0 Å². The van der Waals surface area contributed by atoms with Gasteiger partial charge in [0, 0.05) is 18.7 Å². The highest BCUT2D eigenvalue weighted by Gasteiger charge is 2.56. The summed E-state index contributed by atoms with van der Waals surface area (Å²) in [5.41, 5.74) is 2.92. The lowest BCUT2D eigenvalue weighted by Crippen LogP contribution is -2.38. The number of hydrogen-bond donors (Lipinski definition) is 1. The van der Waals surface area contributed by atoms with Crippen molar-refractivity contribution in [3.8, 4) is 0 Å². The summed E-state index contributed by atoms with van der Waals surface area (Å²) in [6, 6.07) is 5.76. The molecule has 0 spiro atoms. The molecule has 3 aliphatic carbocycles. The van der Waals surface area contributed by atoms with Crippen LogP contribution in [-0.2, 0) is 14.4 Å². The Bertz CT molecular complexity index is 781. The molecular formula is C21H24N2O3. The van der Waals surface area contributed by atoms with Gasteiger partial charge in [-0.05, 0) is 55.7 Å². The quantitative estimate of drug-likeness (QED) is 0.669. The number of benzene rings is 1. The molecule has 1 aromatic rings. The van der Waals surface area contributed by atoms with Crippen molar-refractivity contribution in [2.24, 2.45) is 23.7 Å². The van der Waals surface area contributed by atoms with Gasteiger partial charge in [-0.2, -0.15) is 0 Å². The van der Waals surface area contributed by atoms with E-state index < -0.39 is 0 Å². The predicted octanol–water partition coefficient (Wildman–Crippen LogP) is 2.83. The normalized spacial score (nSPS) is 29.2. The van der Waals surface area contributed by atoms with E-state index in [1.807, 2.05) is 32.0 Å². The number of allylic oxidation sites excluding steroid dienone is 2. The van der Waals surface area contributed by atoms with E-state index in [-0.39, 0.29) is 54.4 Å². The zero-order valence-electron chi connectivity index (χ0n) is 15.2. The number of aryl methyl sites for hydroxylation is 1. The molecule has 2 bridgehead atoms. The fourth-order valence-corrected chi connectivity index (χ4v) is 4.67. The molecular weight excluding hydrogens is 328 g/mol. The van der Waals surface area contributed by atoms with E-state index in [1.54, 1.807) is 0 Å². The minimum atomic E-state index is -0.201. The van der Waals surface area contributed by atoms with Crippen LogP contribution in [0.15, 0.2) is 30.4 Å². The van der Waals surface area contributed by atoms with Crippen LogP contribution < -0.4 is 5.32 Å². The number of rotatable bonds is 4. The molecule has 2 fully saturated rings. The smallest absolute Gasteiger partial charge is 0.233 e. The van der Waals surface area contributed by atoms with Gasteiger partial charge in [0.15, 0.2) is 0 Å². The van der Waals surface area contributed by atoms with E-state index in [2.05, 4.69) is 17.5 Å². The number of fused-ring (bicyclic) bond motifs is 1. The van der Waals surface area contributed by atoms with Crippen LogP contribution in [0, 0.1) is 37.5 Å². The molecule has 26 heavy (non-hydrogen) atoms. The number of carbonyl (C=O) groups is 3. The first-order chi connectivity index (χ1) is 12.5. The second-order valence-electron chi connectivity index (χ2n) is 7.72. The number of carbonyl (C=O) groups excluding carboxylic acids is 3. The van der Waals surface area contributed by atoms with Crippen LogP contribution in [0.25, 0.3) is 0 Å². The summed E-state index contributed by atoms with van der Waals surface area (Å²) in [5.74, 6) is -0.362. The van der Waals surface area contributed by atoms with Gasteiger partial charge in [-0.25, -0.2) is 0 Å². The van der Waals surface area contributed by atoms with Crippen molar-refractivity contribution in [1.29, 1.82) is 0 Å². The summed E-state index contributed by atoms with van der Waals surface area (Å²) in [7, 11) is 0. The Morgan fingerprint density at radius 1 is 1.08 bits per heavy atom. The Morgan fingerprint density at radius 2 is 1.69 bits per heavy atom. The van der Waals surface area contributed by atoms with Crippen LogP contribution in [0.5, 0.6) is 0 Å². The highest BCUT2D eigenvalue weighted by atomic mass is 16.2. The maximum absolute atomic E-state index is 12.7. The number of nitrogens with zero attached hydrogens (tertiary/aromatic N) is 1. The molecule has 5 nitrogen and oxygen atoms in total. The maximum Gasteiger partial charge on any atom is 0.233 e. The fraction of sp³-hybridized carbons (Fsp3) is 0.476. The Kier molecular flexibility index (Phi) is 4.17. The molecule has 1 aliphatic heterocycles. The topological polar surface area (TPSA) is 66.5 Å². The lowest BCUT2D eigenvalue weighted by Gasteiger charge is -2.38. The summed E-state index contributed by atoms with van der Waals surface area (Å²) < 4.78 is 0. The van der Waals surface area contributed by atoms with Crippen LogP contribution in [0.1, 0.15) is 30.4 Å². The molecule has 0 aromatic heterocycles. The first kappa shape index (κ1) is 17.0. The molecule has 1 heterocycles. The summed E-state index contributed by atoms with van der Waals surface area (Å²) in [6.45, 7) is 4.13. The second-order valence-corrected chi connectivity index (χ2v) is 7.72. The van der Waals surface area contributed by atoms with E-state index in [0.717, 1.165) is 29.7 Å². The van der Waals surface area contributed by atoms with E-state index >= 15 is 0 Å². The van der Waals surface area contributed by atoms with Crippen molar-refractivity contribution < 1.29 is 14.4 Å². The van der Waals surface area contributed by atoms with Crippen LogP contribution in [0.4, 0.5) is 5.69 Å². The maximum atomic E-state index is 12.7. The van der Waals surface area contributed by atoms with Gasteiger partial charge in [-0.3, -0.25) is 19.3 Å². The molecule has 1 saturated carbocycles. The van der Waals surface area contributed by atoms with Gasteiger partial charge in [0.2, 0.25) is 17.7 Å². The minimum Gasteiger partial charge on any atom is -0.326 e. The van der Waals surface area contributed by atoms with E-state index in [1.165, 1.54) is 4.90 Å². The lowest BCUT2D eigenvalue weighted by molar-refractivity contribution is -0.140. The molecule has 1 saturated heterocycles. The highest BCUT2D eigenvalue weighted by molar-refractivity contribution is 6.06. The Morgan fingerprint density at radius 3 is 2.27 bits per heavy atom. The molecule has 1 aromatic carbocycles. The van der Waals surface area contributed by atoms with Gasteiger partial charge in [0.25, 0.3) is 0 Å². The van der Waals surface area contributed by atoms with Crippen LogP contribution in [0.3, 0.4) is 0 Å². The molecule has 5 rings (SSSR count). The van der Waals surface area contributed by atoms with Crippen molar-refractivity contribution in [3.63, 3.8) is 0 Å². The summed E-state index contributed by atoms with van der Waals surface area (Å²) in [4.78, 5) is 39.2. The number of hydrogen-bond acceptors (Lipinski definition) is 3. The van der Waals surface area contributed by atoms with E-state index in [4.69, 9.17) is 0 Å². The third-order valence-electron chi connectivity index (χ3n) is 6.29. The average molecular weight is 352 g/mol. The third-order valence-corrected chi connectivity index (χ3v) is 6.29. The average Bonchev–Trinajstić information content (AvgIpc) is 2.91. The number of anilines is 1. The molecule has 4 atom stereocenters. The van der Waals surface area contributed by atoms with Gasteiger partial charge in [-0.15, -0.1) is 0 Å². The highest BCUT2D eigenvalue weighted by Crippen LogP contribution is 2.49. The standard InChI is InChI=1S/C21H24N2O3/c1-12-4-3-5-16(13(12)2)22-17(24)10-11-23-20(25)18-14-6-7-15(9-8-14)19(18)21(23)26/h3-7,14-15,18-19H,8-11H2,1-2H3,(H,22,24)/t14-,15-,18+,19+/m0/s1. The van der Waals surface area contributed by atoms with E-state index in [0.29, 0.717) is 0 Å². The van der Waals surface area contributed by atoms with Crippen LogP contribution >= 0.6 is 0 Å². The summed E-state index contributed by atoms with van der Waals surface area (Å²) in [5, 5.41) is 2.90. The second kappa shape index (κ2) is 6.38. The Labute approximate surface area is 153 Å². The van der Waals surface area contributed by atoms with Crippen molar-refractivity contribution in [1.82, 2.24) is 4.90 Å². The zero-order valence-corrected chi connectivity index (χ0v) is 15.2.